The fraction of sp³-hybridized carbons (Fsp3) is 0.800. The van der Waals surface area contributed by atoms with Gasteiger partial charge in [-0.3, -0.25) is 0 Å². The van der Waals surface area contributed by atoms with Gasteiger partial charge in [0, 0.05) is 6.20 Å². The van der Waals surface area contributed by atoms with Gasteiger partial charge in [0.15, 0.2) is 0 Å². The van der Waals surface area contributed by atoms with Gasteiger partial charge in [0.2, 0.25) is 0 Å². The normalized spacial score (nSPS) is 19.6. The van der Waals surface area contributed by atoms with Gasteiger partial charge in [-0.1, -0.05) is 40.7 Å². The van der Waals surface area contributed by atoms with Crippen molar-refractivity contribution >= 4 is 0 Å². The standard InChI is InChI=1S/C6H10N2.2C2H6/c1-6-3-2-4-7-8-5-6;2*1-2/h2,4,6H,3,5H2,1H3;2*1-2H3. The first-order chi connectivity index (χ1) is 5.89. The Morgan fingerprint density at radius 1 is 1.17 bits per heavy atom. The van der Waals surface area contributed by atoms with Crippen LogP contribution in [0, 0.1) is 5.92 Å². The van der Waals surface area contributed by atoms with Crippen LogP contribution < -0.4 is 0 Å². The lowest BCUT2D eigenvalue weighted by Crippen LogP contribution is -1.94. The molecule has 1 rings (SSSR count). The Kier molecular flexibility index (Phi) is 15.0. The molecule has 1 aliphatic rings. The molecule has 0 aromatic heterocycles. The van der Waals surface area contributed by atoms with E-state index < -0.39 is 0 Å². The average molecular weight is 170 g/mol. The van der Waals surface area contributed by atoms with Gasteiger partial charge < -0.3 is 0 Å². The number of hydrogen-bond acceptors (Lipinski definition) is 2. The molecular formula is C10H22N2. The first-order valence-electron chi connectivity index (χ1n) is 4.91. The highest BCUT2D eigenvalue weighted by Gasteiger charge is 1.98. The topological polar surface area (TPSA) is 24.7 Å². The first kappa shape index (κ1) is 13.9. The van der Waals surface area contributed by atoms with Crippen molar-refractivity contribution in [2.75, 3.05) is 6.54 Å². The Hall–Kier alpha value is -0.660. The largest absolute Gasteiger partial charge is 0.189 e. The molecule has 0 spiro atoms. The Balaban J connectivity index is 0. The predicted molar refractivity (Wildman–Crippen MR) is 55.3 cm³/mol. The quantitative estimate of drug-likeness (QED) is 0.524. The minimum Gasteiger partial charge on any atom is -0.189 e. The van der Waals surface area contributed by atoms with Crippen LogP contribution in [0.1, 0.15) is 41.0 Å². The number of azo groups is 1. The van der Waals surface area contributed by atoms with Crippen LogP contribution in [0.15, 0.2) is 22.5 Å². The summed E-state index contributed by atoms with van der Waals surface area (Å²) in [7, 11) is 0. The molecule has 0 aliphatic carbocycles. The Morgan fingerprint density at radius 2 is 1.75 bits per heavy atom. The molecule has 0 amide bonds. The molecular weight excluding hydrogens is 148 g/mol. The van der Waals surface area contributed by atoms with Crippen molar-refractivity contribution in [1.29, 1.82) is 0 Å². The third kappa shape index (κ3) is 9.34. The molecule has 1 aliphatic heterocycles. The highest BCUT2D eigenvalue weighted by Crippen LogP contribution is 2.06. The minimum atomic E-state index is 0.678. The maximum atomic E-state index is 3.89. The van der Waals surface area contributed by atoms with Crippen LogP contribution in [0.25, 0.3) is 0 Å². The molecule has 1 heterocycles. The second-order valence-electron chi connectivity index (χ2n) is 2.17. The fourth-order valence-electron chi connectivity index (χ4n) is 0.649. The second kappa shape index (κ2) is 13.0. The Bertz CT molecular complexity index is 103. The third-order valence-corrected chi connectivity index (χ3v) is 1.19. The van der Waals surface area contributed by atoms with Crippen LogP contribution >= 0.6 is 0 Å². The van der Waals surface area contributed by atoms with E-state index in [1.807, 2.05) is 27.7 Å². The lowest BCUT2D eigenvalue weighted by atomic mass is 10.1. The lowest BCUT2D eigenvalue weighted by Gasteiger charge is -1.97. The first-order valence-corrected chi connectivity index (χ1v) is 4.91. The number of nitrogens with zero attached hydrogens (tertiary/aromatic N) is 2. The van der Waals surface area contributed by atoms with Gasteiger partial charge in [-0.25, -0.2) is 0 Å². The van der Waals surface area contributed by atoms with Crippen molar-refractivity contribution in [3.8, 4) is 0 Å². The van der Waals surface area contributed by atoms with Gasteiger partial charge in [-0.05, 0) is 12.3 Å². The molecule has 0 saturated heterocycles. The summed E-state index contributed by atoms with van der Waals surface area (Å²) in [4.78, 5) is 0. The predicted octanol–water partition coefficient (Wildman–Crippen LogP) is 4.04. The third-order valence-electron chi connectivity index (χ3n) is 1.19. The van der Waals surface area contributed by atoms with E-state index in [1.165, 1.54) is 0 Å². The summed E-state index contributed by atoms with van der Waals surface area (Å²) in [5.74, 6) is 0.678. The lowest BCUT2D eigenvalue weighted by molar-refractivity contribution is 0.603. The van der Waals surface area contributed by atoms with Crippen LogP contribution in [0.2, 0.25) is 0 Å². The molecule has 0 bridgehead atoms. The molecule has 72 valence electrons. The van der Waals surface area contributed by atoms with Crippen molar-refractivity contribution in [1.82, 2.24) is 0 Å². The molecule has 0 saturated carbocycles. The van der Waals surface area contributed by atoms with Gasteiger partial charge in [-0.15, -0.1) is 0 Å². The summed E-state index contributed by atoms with van der Waals surface area (Å²) < 4.78 is 0. The SMILES string of the molecule is CC.CC.CC1CC=CN=NC1. The molecule has 0 fully saturated rings. The maximum Gasteiger partial charge on any atom is 0.0631 e. The summed E-state index contributed by atoms with van der Waals surface area (Å²) >= 11 is 0. The van der Waals surface area contributed by atoms with Crippen molar-refractivity contribution < 1.29 is 0 Å². The van der Waals surface area contributed by atoms with Crippen molar-refractivity contribution in [3.05, 3.63) is 12.3 Å². The highest BCUT2D eigenvalue weighted by atomic mass is 15.1. The fourth-order valence-corrected chi connectivity index (χ4v) is 0.649. The van der Waals surface area contributed by atoms with Gasteiger partial charge in [0.05, 0.1) is 6.54 Å². The number of rotatable bonds is 0. The van der Waals surface area contributed by atoms with Crippen LogP contribution in [-0.4, -0.2) is 6.54 Å². The summed E-state index contributed by atoms with van der Waals surface area (Å²) in [6, 6.07) is 0. The minimum absolute atomic E-state index is 0.678. The van der Waals surface area contributed by atoms with Gasteiger partial charge in [0.1, 0.15) is 0 Å². The molecule has 1 atom stereocenters. The average Bonchev–Trinajstić information content (AvgIpc) is 2.40. The Labute approximate surface area is 76.8 Å². The zero-order valence-corrected chi connectivity index (χ0v) is 9.04. The summed E-state index contributed by atoms with van der Waals surface area (Å²) in [5, 5.41) is 7.66. The number of hydrogen-bond donors (Lipinski definition) is 0. The van der Waals surface area contributed by atoms with Crippen molar-refractivity contribution in [2.45, 2.75) is 41.0 Å². The monoisotopic (exact) mass is 170 g/mol. The van der Waals surface area contributed by atoms with Crippen molar-refractivity contribution in [3.63, 3.8) is 0 Å². The van der Waals surface area contributed by atoms with Gasteiger partial charge in [-0.2, -0.15) is 10.2 Å². The summed E-state index contributed by atoms with van der Waals surface area (Å²) in [5.41, 5.74) is 0. The zero-order valence-electron chi connectivity index (χ0n) is 9.04. The molecule has 0 aromatic rings. The van der Waals surface area contributed by atoms with Gasteiger partial charge >= 0.3 is 0 Å². The molecule has 1 unspecified atom stereocenters. The molecule has 2 nitrogen and oxygen atoms in total. The Morgan fingerprint density at radius 3 is 2.33 bits per heavy atom. The molecule has 0 N–H and O–H groups in total. The van der Waals surface area contributed by atoms with E-state index >= 15 is 0 Å². The van der Waals surface area contributed by atoms with Crippen molar-refractivity contribution in [2.24, 2.45) is 16.1 Å². The van der Waals surface area contributed by atoms with Crippen LogP contribution in [0.5, 0.6) is 0 Å². The second-order valence-corrected chi connectivity index (χ2v) is 2.17. The van der Waals surface area contributed by atoms with Crippen LogP contribution in [-0.2, 0) is 0 Å². The molecule has 12 heavy (non-hydrogen) atoms. The molecule has 0 radical (unpaired) electrons. The van der Waals surface area contributed by atoms with Crippen LogP contribution in [0.4, 0.5) is 0 Å². The van der Waals surface area contributed by atoms with E-state index in [4.69, 9.17) is 0 Å². The molecule has 2 heteroatoms. The van der Waals surface area contributed by atoms with Crippen LogP contribution in [0.3, 0.4) is 0 Å². The number of allylic oxidation sites excluding steroid dienone is 1. The summed E-state index contributed by atoms with van der Waals surface area (Å²) in [6.45, 7) is 11.1. The molecule has 0 aromatic carbocycles. The van der Waals surface area contributed by atoms with E-state index in [9.17, 15) is 0 Å². The highest BCUT2D eigenvalue weighted by molar-refractivity contribution is 4.83. The van der Waals surface area contributed by atoms with E-state index in [1.54, 1.807) is 6.20 Å². The van der Waals surface area contributed by atoms with E-state index in [-0.39, 0.29) is 0 Å². The smallest absolute Gasteiger partial charge is 0.0631 e. The maximum absolute atomic E-state index is 3.89. The van der Waals surface area contributed by atoms with E-state index in [0.29, 0.717) is 5.92 Å². The van der Waals surface area contributed by atoms with E-state index in [2.05, 4.69) is 23.2 Å². The summed E-state index contributed by atoms with van der Waals surface area (Å²) in [6.07, 6.45) is 4.94. The zero-order chi connectivity index (χ0) is 9.82. The van der Waals surface area contributed by atoms with Gasteiger partial charge in [0.25, 0.3) is 0 Å². The van der Waals surface area contributed by atoms with E-state index in [0.717, 1.165) is 13.0 Å².